The predicted octanol–water partition coefficient (Wildman–Crippen LogP) is 2.21. The van der Waals surface area contributed by atoms with Crippen LogP contribution in [0.1, 0.15) is 19.8 Å². The molecule has 1 heterocycles. The van der Waals surface area contributed by atoms with Gasteiger partial charge in [-0.2, -0.15) is 0 Å². The number of likely N-dealkylation sites (tertiary alicyclic amines) is 1. The number of para-hydroxylation sites is 2. The molecule has 1 aromatic rings. The molecule has 0 amide bonds. The number of thiocarbonyl (C=S) groups is 1. The van der Waals surface area contributed by atoms with E-state index in [-0.39, 0.29) is 6.04 Å². The molecule has 1 unspecified atom stereocenters. The number of hydrogen-bond acceptors (Lipinski definition) is 4. The van der Waals surface area contributed by atoms with Crippen molar-refractivity contribution in [1.82, 2.24) is 4.90 Å². The van der Waals surface area contributed by atoms with E-state index >= 15 is 0 Å². The molecule has 2 N–H and O–H groups in total. The van der Waals surface area contributed by atoms with Crippen LogP contribution in [0.15, 0.2) is 24.3 Å². The van der Waals surface area contributed by atoms with E-state index in [4.69, 9.17) is 27.4 Å². The first-order chi connectivity index (χ1) is 9.72. The summed E-state index contributed by atoms with van der Waals surface area (Å²) in [5.41, 5.74) is 5.76. The van der Waals surface area contributed by atoms with Gasteiger partial charge in [-0.05, 0) is 38.4 Å². The molecule has 0 spiro atoms. The molecule has 0 aromatic heterocycles. The number of ether oxygens (including phenoxy) is 2. The van der Waals surface area contributed by atoms with Gasteiger partial charge in [-0.15, -0.1) is 0 Å². The Balaban J connectivity index is 1.85. The highest BCUT2D eigenvalue weighted by molar-refractivity contribution is 7.80. The van der Waals surface area contributed by atoms with Gasteiger partial charge in [0.25, 0.3) is 0 Å². The summed E-state index contributed by atoms with van der Waals surface area (Å²) in [7, 11) is 0. The molecule has 1 atom stereocenters. The molecule has 2 rings (SSSR count). The van der Waals surface area contributed by atoms with Crippen molar-refractivity contribution in [3.05, 3.63) is 24.3 Å². The van der Waals surface area contributed by atoms with E-state index in [2.05, 4.69) is 4.90 Å². The van der Waals surface area contributed by atoms with Crippen molar-refractivity contribution < 1.29 is 9.47 Å². The van der Waals surface area contributed by atoms with E-state index in [0.29, 0.717) is 18.2 Å². The van der Waals surface area contributed by atoms with Crippen LogP contribution in [0, 0.1) is 0 Å². The Kier molecular flexibility index (Phi) is 5.61. The lowest BCUT2D eigenvalue weighted by Gasteiger charge is -2.23. The van der Waals surface area contributed by atoms with Crippen molar-refractivity contribution in [2.75, 3.05) is 26.3 Å². The monoisotopic (exact) mass is 294 g/mol. The molecule has 0 bridgehead atoms. The number of rotatable bonds is 7. The highest BCUT2D eigenvalue weighted by Gasteiger charge is 2.26. The van der Waals surface area contributed by atoms with Gasteiger partial charge in [-0.25, -0.2) is 0 Å². The van der Waals surface area contributed by atoms with E-state index in [9.17, 15) is 0 Å². The van der Waals surface area contributed by atoms with Gasteiger partial charge in [0.15, 0.2) is 11.5 Å². The molecule has 1 fully saturated rings. The van der Waals surface area contributed by atoms with Crippen molar-refractivity contribution in [3.63, 3.8) is 0 Å². The molecule has 0 saturated carbocycles. The molecular weight excluding hydrogens is 272 g/mol. The predicted molar refractivity (Wildman–Crippen MR) is 84.5 cm³/mol. The van der Waals surface area contributed by atoms with E-state index in [1.54, 1.807) is 0 Å². The second-order valence-electron chi connectivity index (χ2n) is 4.82. The lowest BCUT2D eigenvalue weighted by atomic mass is 10.2. The zero-order valence-electron chi connectivity index (χ0n) is 11.9. The van der Waals surface area contributed by atoms with Crippen LogP contribution in [0.2, 0.25) is 0 Å². The molecular formula is C15H22N2O2S. The minimum Gasteiger partial charge on any atom is -0.490 e. The van der Waals surface area contributed by atoms with Gasteiger partial charge < -0.3 is 15.2 Å². The maximum atomic E-state index is 5.83. The van der Waals surface area contributed by atoms with Gasteiger partial charge in [0.05, 0.1) is 17.6 Å². The molecule has 110 valence electrons. The Hall–Kier alpha value is -1.33. The zero-order chi connectivity index (χ0) is 14.4. The lowest BCUT2D eigenvalue weighted by molar-refractivity contribution is 0.213. The SMILES string of the molecule is CCOc1ccccc1OCCN1CCCC1C(N)=S. The van der Waals surface area contributed by atoms with Gasteiger partial charge in [-0.3, -0.25) is 4.90 Å². The Bertz CT molecular complexity index is 453. The van der Waals surface area contributed by atoms with Crippen LogP contribution in [-0.2, 0) is 0 Å². The quantitative estimate of drug-likeness (QED) is 0.781. The smallest absolute Gasteiger partial charge is 0.161 e. The Morgan fingerprint density at radius 1 is 1.35 bits per heavy atom. The average Bonchev–Trinajstić information content (AvgIpc) is 2.90. The number of nitrogens with two attached hydrogens (primary N) is 1. The van der Waals surface area contributed by atoms with Crippen LogP contribution in [-0.4, -0.2) is 42.2 Å². The maximum absolute atomic E-state index is 5.83. The van der Waals surface area contributed by atoms with Crippen LogP contribution in [0.3, 0.4) is 0 Å². The number of nitrogens with zero attached hydrogens (tertiary/aromatic N) is 1. The fourth-order valence-electron chi connectivity index (χ4n) is 2.53. The van der Waals surface area contributed by atoms with Gasteiger partial charge >= 0.3 is 0 Å². The Morgan fingerprint density at radius 2 is 2.05 bits per heavy atom. The van der Waals surface area contributed by atoms with E-state index in [1.165, 1.54) is 0 Å². The molecule has 0 radical (unpaired) electrons. The summed E-state index contributed by atoms with van der Waals surface area (Å²) >= 11 is 5.11. The summed E-state index contributed by atoms with van der Waals surface area (Å²) in [6, 6.07) is 7.98. The third-order valence-electron chi connectivity index (χ3n) is 3.48. The molecule has 0 aliphatic carbocycles. The van der Waals surface area contributed by atoms with Crippen LogP contribution in [0.25, 0.3) is 0 Å². The van der Waals surface area contributed by atoms with Crippen molar-refractivity contribution in [3.8, 4) is 11.5 Å². The van der Waals surface area contributed by atoms with Crippen molar-refractivity contribution in [2.45, 2.75) is 25.8 Å². The van der Waals surface area contributed by atoms with Gasteiger partial charge in [0, 0.05) is 6.54 Å². The highest BCUT2D eigenvalue weighted by Crippen LogP contribution is 2.26. The normalized spacial score (nSPS) is 18.9. The summed E-state index contributed by atoms with van der Waals surface area (Å²) in [5, 5.41) is 0. The first-order valence-corrected chi connectivity index (χ1v) is 7.51. The van der Waals surface area contributed by atoms with E-state index in [1.807, 2.05) is 31.2 Å². The Labute approximate surface area is 125 Å². The summed E-state index contributed by atoms with van der Waals surface area (Å²) in [6.07, 6.45) is 2.21. The second kappa shape index (κ2) is 7.45. The average molecular weight is 294 g/mol. The van der Waals surface area contributed by atoms with Gasteiger partial charge in [0.2, 0.25) is 0 Å². The largest absolute Gasteiger partial charge is 0.490 e. The van der Waals surface area contributed by atoms with Crippen molar-refractivity contribution >= 4 is 17.2 Å². The van der Waals surface area contributed by atoms with Crippen LogP contribution in [0.4, 0.5) is 0 Å². The molecule has 20 heavy (non-hydrogen) atoms. The van der Waals surface area contributed by atoms with E-state index < -0.39 is 0 Å². The molecule has 1 aromatic carbocycles. The Morgan fingerprint density at radius 3 is 2.70 bits per heavy atom. The number of hydrogen-bond donors (Lipinski definition) is 1. The number of benzene rings is 1. The van der Waals surface area contributed by atoms with E-state index in [0.717, 1.165) is 37.4 Å². The van der Waals surface area contributed by atoms with Crippen LogP contribution >= 0.6 is 12.2 Å². The third kappa shape index (κ3) is 3.84. The minimum atomic E-state index is 0.232. The maximum Gasteiger partial charge on any atom is 0.161 e. The van der Waals surface area contributed by atoms with Crippen molar-refractivity contribution in [2.24, 2.45) is 5.73 Å². The molecule has 1 aliphatic rings. The topological polar surface area (TPSA) is 47.7 Å². The van der Waals surface area contributed by atoms with Crippen LogP contribution < -0.4 is 15.2 Å². The second-order valence-corrected chi connectivity index (χ2v) is 5.30. The molecule has 1 saturated heterocycles. The minimum absolute atomic E-state index is 0.232. The van der Waals surface area contributed by atoms with Crippen LogP contribution in [0.5, 0.6) is 11.5 Å². The summed E-state index contributed by atoms with van der Waals surface area (Å²) in [5.74, 6) is 1.59. The highest BCUT2D eigenvalue weighted by atomic mass is 32.1. The first kappa shape index (κ1) is 15.1. The zero-order valence-corrected chi connectivity index (χ0v) is 12.7. The molecule has 1 aliphatic heterocycles. The summed E-state index contributed by atoms with van der Waals surface area (Å²) < 4.78 is 11.4. The summed E-state index contributed by atoms with van der Waals surface area (Å²) in [6.45, 7) is 5.09. The first-order valence-electron chi connectivity index (χ1n) is 7.10. The fourth-order valence-corrected chi connectivity index (χ4v) is 2.80. The summed E-state index contributed by atoms with van der Waals surface area (Å²) in [4.78, 5) is 2.89. The van der Waals surface area contributed by atoms with Crippen molar-refractivity contribution in [1.29, 1.82) is 0 Å². The molecule has 5 heteroatoms. The fraction of sp³-hybridized carbons (Fsp3) is 0.533. The van der Waals surface area contributed by atoms with Gasteiger partial charge in [-0.1, -0.05) is 24.4 Å². The van der Waals surface area contributed by atoms with Gasteiger partial charge in [0.1, 0.15) is 6.61 Å². The molecule has 4 nitrogen and oxygen atoms in total. The standard InChI is InChI=1S/C15H22N2O2S/c1-2-18-13-7-3-4-8-14(13)19-11-10-17-9-5-6-12(17)15(16)20/h3-4,7-8,12H,2,5-6,9-11H2,1H3,(H2,16,20). The lowest BCUT2D eigenvalue weighted by Crippen LogP contribution is -2.41. The third-order valence-corrected chi connectivity index (χ3v) is 3.75.